The van der Waals surface area contributed by atoms with Crippen LogP contribution in [0.1, 0.15) is 26.4 Å². The molecule has 1 aliphatic rings. The number of nitrogens with zero attached hydrogens (tertiary/aromatic N) is 4. The first kappa shape index (κ1) is 21.7. The molecule has 4 rings (SSSR count). The van der Waals surface area contributed by atoms with Crippen molar-refractivity contribution in [3.63, 3.8) is 0 Å². The average Bonchev–Trinajstić information content (AvgIpc) is 3.16. The summed E-state index contributed by atoms with van der Waals surface area (Å²) in [5.74, 6) is -0.303. The summed E-state index contributed by atoms with van der Waals surface area (Å²) in [4.78, 5) is 29.3. The molecule has 0 aliphatic carbocycles. The minimum absolute atomic E-state index is 0.112. The Bertz CT molecular complexity index is 1150. The molecule has 2 heterocycles. The van der Waals surface area contributed by atoms with E-state index >= 15 is 0 Å². The summed E-state index contributed by atoms with van der Waals surface area (Å²) in [6.07, 6.45) is 1.57. The molecule has 1 aromatic heterocycles. The molecule has 2 amide bonds. The van der Waals surface area contributed by atoms with Gasteiger partial charge in [0.2, 0.25) is 0 Å². The fourth-order valence-electron chi connectivity index (χ4n) is 3.61. The number of hydrogen-bond donors (Lipinski definition) is 0. The van der Waals surface area contributed by atoms with E-state index in [1.54, 1.807) is 51.0 Å². The molecule has 1 saturated heterocycles. The molecular weight excluding hydrogens is 459 g/mol. The molecule has 31 heavy (non-hydrogen) atoms. The van der Waals surface area contributed by atoms with Crippen LogP contribution in [0.5, 0.6) is 0 Å². The fraction of sp³-hybridized carbons (Fsp3) is 0.227. The lowest BCUT2D eigenvalue weighted by Gasteiger charge is -2.35. The van der Waals surface area contributed by atoms with Crippen LogP contribution < -0.4 is 0 Å². The summed E-state index contributed by atoms with van der Waals surface area (Å²) in [5.41, 5.74) is 2.42. The van der Waals surface area contributed by atoms with Crippen molar-refractivity contribution in [3.8, 4) is 5.69 Å². The Morgan fingerprint density at radius 3 is 2.13 bits per heavy atom. The number of amides is 2. The first-order valence-corrected chi connectivity index (χ1v) is 10.8. The molecule has 6 nitrogen and oxygen atoms in total. The van der Waals surface area contributed by atoms with Crippen LogP contribution in [0, 0.1) is 6.92 Å². The Hall–Kier alpha value is -2.54. The molecule has 0 spiro atoms. The van der Waals surface area contributed by atoms with Gasteiger partial charge in [0.1, 0.15) is 0 Å². The van der Waals surface area contributed by atoms with E-state index in [4.69, 9.17) is 34.8 Å². The Kier molecular flexibility index (Phi) is 6.23. The molecule has 0 radical (unpaired) electrons. The maximum Gasteiger partial charge on any atom is 0.257 e. The largest absolute Gasteiger partial charge is 0.335 e. The quantitative estimate of drug-likeness (QED) is 0.547. The lowest BCUT2D eigenvalue weighted by molar-refractivity contribution is 0.0535. The van der Waals surface area contributed by atoms with Crippen LogP contribution in [-0.2, 0) is 0 Å². The smallest absolute Gasteiger partial charge is 0.257 e. The van der Waals surface area contributed by atoms with Gasteiger partial charge in [-0.25, -0.2) is 4.68 Å². The number of aromatic nitrogens is 2. The molecule has 9 heteroatoms. The van der Waals surface area contributed by atoms with E-state index in [0.717, 1.165) is 11.4 Å². The second-order valence-corrected chi connectivity index (χ2v) is 8.44. The molecule has 0 unspecified atom stereocenters. The number of hydrogen-bond acceptors (Lipinski definition) is 3. The van der Waals surface area contributed by atoms with Crippen LogP contribution in [0.15, 0.2) is 48.7 Å². The van der Waals surface area contributed by atoms with Gasteiger partial charge in [-0.3, -0.25) is 9.59 Å². The summed E-state index contributed by atoms with van der Waals surface area (Å²) in [6.45, 7) is 3.51. The normalized spacial score (nSPS) is 14.1. The molecule has 2 aromatic carbocycles. The Balaban J connectivity index is 1.45. The molecule has 0 atom stereocenters. The van der Waals surface area contributed by atoms with E-state index in [2.05, 4.69) is 5.10 Å². The second-order valence-electron chi connectivity index (χ2n) is 7.22. The maximum absolute atomic E-state index is 13.1. The van der Waals surface area contributed by atoms with Gasteiger partial charge in [-0.15, -0.1) is 0 Å². The predicted molar refractivity (Wildman–Crippen MR) is 122 cm³/mol. The molecule has 1 aliphatic heterocycles. The highest BCUT2D eigenvalue weighted by molar-refractivity contribution is 6.43. The standard InChI is InChI=1S/C22H19Cl3N4O2/c1-14-18(13-26-29(14)16-5-2-4-15(23)12-16)22(31)28-10-8-27(9-11-28)21(30)17-6-3-7-19(24)20(17)25/h2-7,12-13H,8-11H2,1H3. The Morgan fingerprint density at radius 1 is 0.871 bits per heavy atom. The van der Waals surface area contributed by atoms with Crippen LogP contribution in [-0.4, -0.2) is 57.6 Å². The van der Waals surface area contributed by atoms with Crippen LogP contribution in [0.4, 0.5) is 0 Å². The van der Waals surface area contributed by atoms with Gasteiger partial charge in [0.25, 0.3) is 11.8 Å². The van der Waals surface area contributed by atoms with Crippen molar-refractivity contribution in [1.82, 2.24) is 19.6 Å². The van der Waals surface area contributed by atoms with Gasteiger partial charge in [-0.1, -0.05) is 46.9 Å². The van der Waals surface area contributed by atoms with Crippen molar-refractivity contribution in [2.75, 3.05) is 26.2 Å². The molecule has 0 saturated carbocycles. The topological polar surface area (TPSA) is 58.4 Å². The third-order valence-electron chi connectivity index (χ3n) is 5.33. The van der Waals surface area contributed by atoms with Crippen molar-refractivity contribution in [3.05, 3.63) is 80.6 Å². The third kappa shape index (κ3) is 4.28. The first-order valence-electron chi connectivity index (χ1n) is 9.70. The van der Waals surface area contributed by atoms with Crippen molar-refractivity contribution in [1.29, 1.82) is 0 Å². The Labute approximate surface area is 194 Å². The molecule has 0 N–H and O–H groups in total. The summed E-state index contributed by atoms with van der Waals surface area (Å²) in [7, 11) is 0. The monoisotopic (exact) mass is 476 g/mol. The second kappa shape index (κ2) is 8.91. The molecule has 0 bridgehead atoms. The van der Waals surface area contributed by atoms with Crippen LogP contribution in [0.25, 0.3) is 5.69 Å². The molecule has 3 aromatic rings. The third-order valence-corrected chi connectivity index (χ3v) is 6.38. The first-order chi connectivity index (χ1) is 14.9. The summed E-state index contributed by atoms with van der Waals surface area (Å²) in [5, 5.41) is 5.55. The highest BCUT2D eigenvalue weighted by Crippen LogP contribution is 2.27. The van der Waals surface area contributed by atoms with Crippen LogP contribution >= 0.6 is 34.8 Å². The van der Waals surface area contributed by atoms with Crippen molar-refractivity contribution >= 4 is 46.6 Å². The SMILES string of the molecule is Cc1c(C(=O)N2CCN(C(=O)c3cccc(Cl)c3Cl)CC2)cnn1-c1cccc(Cl)c1. The van der Waals surface area contributed by atoms with E-state index < -0.39 is 0 Å². The number of halogens is 3. The highest BCUT2D eigenvalue weighted by atomic mass is 35.5. The number of rotatable bonds is 3. The van der Waals surface area contributed by atoms with Gasteiger partial charge in [0, 0.05) is 31.2 Å². The van der Waals surface area contributed by atoms with Gasteiger partial charge < -0.3 is 9.80 Å². The van der Waals surface area contributed by atoms with E-state index in [1.807, 2.05) is 19.1 Å². The summed E-state index contributed by atoms with van der Waals surface area (Å²) < 4.78 is 1.69. The van der Waals surface area contributed by atoms with Crippen molar-refractivity contribution < 1.29 is 9.59 Å². The van der Waals surface area contributed by atoms with Crippen molar-refractivity contribution in [2.45, 2.75) is 6.92 Å². The van der Waals surface area contributed by atoms with E-state index in [-0.39, 0.29) is 16.8 Å². The average molecular weight is 478 g/mol. The minimum atomic E-state index is -0.190. The number of benzene rings is 2. The van der Waals surface area contributed by atoms with Crippen LogP contribution in [0.2, 0.25) is 15.1 Å². The predicted octanol–water partition coefficient (Wildman–Crippen LogP) is 4.74. The highest BCUT2D eigenvalue weighted by Gasteiger charge is 2.28. The zero-order valence-electron chi connectivity index (χ0n) is 16.7. The molecule has 1 fully saturated rings. The number of carbonyl (C=O) groups is 2. The van der Waals surface area contributed by atoms with Gasteiger partial charge in [0.05, 0.1) is 38.8 Å². The summed E-state index contributed by atoms with van der Waals surface area (Å²) in [6, 6.07) is 12.3. The molecular formula is C22H19Cl3N4O2. The lowest BCUT2D eigenvalue weighted by atomic mass is 10.1. The Morgan fingerprint density at radius 2 is 1.48 bits per heavy atom. The van der Waals surface area contributed by atoms with E-state index in [9.17, 15) is 9.59 Å². The minimum Gasteiger partial charge on any atom is -0.335 e. The zero-order valence-corrected chi connectivity index (χ0v) is 19.0. The van der Waals surface area contributed by atoms with E-state index in [1.165, 1.54) is 0 Å². The summed E-state index contributed by atoms with van der Waals surface area (Å²) >= 11 is 18.3. The number of carbonyl (C=O) groups excluding carboxylic acids is 2. The molecule has 160 valence electrons. The zero-order chi connectivity index (χ0) is 22.1. The van der Waals surface area contributed by atoms with Crippen molar-refractivity contribution in [2.24, 2.45) is 0 Å². The van der Waals surface area contributed by atoms with Gasteiger partial charge >= 0.3 is 0 Å². The van der Waals surface area contributed by atoms with Crippen LogP contribution in [0.3, 0.4) is 0 Å². The lowest BCUT2D eigenvalue weighted by Crippen LogP contribution is -2.50. The fourth-order valence-corrected chi connectivity index (χ4v) is 4.18. The van der Waals surface area contributed by atoms with Gasteiger partial charge in [-0.2, -0.15) is 5.10 Å². The van der Waals surface area contributed by atoms with Gasteiger partial charge in [0.15, 0.2) is 0 Å². The number of piperazine rings is 1. The maximum atomic E-state index is 13.1. The van der Waals surface area contributed by atoms with E-state index in [0.29, 0.717) is 47.4 Å². The van der Waals surface area contributed by atoms with Gasteiger partial charge in [-0.05, 0) is 37.3 Å².